The van der Waals surface area contributed by atoms with E-state index >= 15 is 0 Å². The minimum Gasteiger partial charge on any atom is -0.476 e. The molecule has 1 fully saturated rings. The van der Waals surface area contributed by atoms with Crippen molar-refractivity contribution in [1.82, 2.24) is 15.0 Å². The maximum Gasteiger partial charge on any atom is 0.232 e. The zero-order valence-corrected chi connectivity index (χ0v) is 11.2. The van der Waals surface area contributed by atoms with Crippen LogP contribution in [0.1, 0.15) is 46.0 Å². The van der Waals surface area contributed by atoms with E-state index in [9.17, 15) is 4.79 Å². The summed E-state index contributed by atoms with van der Waals surface area (Å²) in [4.78, 5) is 11.3. The molecule has 0 unspecified atom stereocenters. The molecule has 0 amide bonds. The summed E-state index contributed by atoms with van der Waals surface area (Å²) < 4.78 is 7.61. The molecule has 1 heterocycles. The SMILES string of the molecule is CCn1nncc1OCC1(CC)CCC(=O)CC1. The number of ketones is 1. The van der Waals surface area contributed by atoms with Crippen LogP contribution in [0.15, 0.2) is 6.20 Å². The van der Waals surface area contributed by atoms with E-state index in [-0.39, 0.29) is 5.41 Å². The largest absolute Gasteiger partial charge is 0.476 e. The molecule has 5 heteroatoms. The molecular formula is C13H21N3O2. The van der Waals surface area contributed by atoms with Gasteiger partial charge >= 0.3 is 0 Å². The highest BCUT2D eigenvalue weighted by molar-refractivity contribution is 5.79. The Labute approximate surface area is 108 Å². The van der Waals surface area contributed by atoms with Crippen molar-refractivity contribution in [1.29, 1.82) is 0 Å². The number of aryl methyl sites for hydroxylation is 1. The molecule has 0 saturated heterocycles. The lowest BCUT2D eigenvalue weighted by Crippen LogP contribution is -2.33. The fourth-order valence-corrected chi connectivity index (χ4v) is 2.47. The van der Waals surface area contributed by atoms with Gasteiger partial charge in [-0.1, -0.05) is 12.1 Å². The average Bonchev–Trinajstić information content (AvgIpc) is 2.86. The molecule has 2 rings (SSSR count). The van der Waals surface area contributed by atoms with E-state index in [4.69, 9.17) is 4.74 Å². The van der Waals surface area contributed by atoms with Gasteiger partial charge in [-0.15, -0.1) is 5.10 Å². The summed E-state index contributed by atoms with van der Waals surface area (Å²) in [5.41, 5.74) is 0.150. The van der Waals surface area contributed by atoms with Gasteiger partial charge in [-0.05, 0) is 26.2 Å². The van der Waals surface area contributed by atoms with E-state index in [0.29, 0.717) is 25.2 Å². The van der Waals surface area contributed by atoms with Crippen molar-refractivity contribution in [3.05, 3.63) is 6.20 Å². The maximum absolute atomic E-state index is 11.3. The fourth-order valence-electron chi connectivity index (χ4n) is 2.47. The van der Waals surface area contributed by atoms with Gasteiger partial charge in [0.05, 0.1) is 6.61 Å². The Balaban J connectivity index is 1.97. The number of aromatic nitrogens is 3. The number of Topliss-reactive ketones (excluding diaryl/α,β-unsaturated/α-hetero) is 1. The van der Waals surface area contributed by atoms with E-state index in [1.807, 2.05) is 6.92 Å². The summed E-state index contributed by atoms with van der Waals surface area (Å²) in [6, 6.07) is 0. The van der Waals surface area contributed by atoms with Crippen LogP contribution >= 0.6 is 0 Å². The molecule has 0 bridgehead atoms. The molecule has 0 aromatic carbocycles. The Bertz CT molecular complexity index is 404. The second-order valence-electron chi connectivity index (χ2n) is 5.07. The van der Waals surface area contributed by atoms with Crippen LogP contribution in [0.4, 0.5) is 0 Å². The Morgan fingerprint density at radius 3 is 2.72 bits per heavy atom. The summed E-state index contributed by atoms with van der Waals surface area (Å²) in [5, 5.41) is 7.80. The van der Waals surface area contributed by atoms with Crippen molar-refractivity contribution in [3.8, 4) is 5.88 Å². The molecule has 1 aromatic rings. The average molecular weight is 251 g/mol. The van der Waals surface area contributed by atoms with E-state index in [1.54, 1.807) is 10.9 Å². The third-order valence-electron chi connectivity index (χ3n) is 4.03. The molecule has 0 spiro atoms. The summed E-state index contributed by atoms with van der Waals surface area (Å²) in [5.74, 6) is 1.11. The van der Waals surface area contributed by atoms with Crippen molar-refractivity contribution in [3.63, 3.8) is 0 Å². The molecule has 1 aliphatic rings. The maximum atomic E-state index is 11.3. The van der Waals surface area contributed by atoms with Crippen LogP contribution in [-0.4, -0.2) is 27.4 Å². The predicted molar refractivity (Wildman–Crippen MR) is 67.4 cm³/mol. The van der Waals surface area contributed by atoms with E-state index in [0.717, 1.165) is 31.7 Å². The Kier molecular flexibility index (Phi) is 3.99. The van der Waals surface area contributed by atoms with Gasteiger partial charge in [0.2, 0.25) is 5.88 Å². The predicted octanol–water partition coefficient (Wildman–Crippen LogP) is 2.22. The smallest absolute Gasteiger partial charge is 0.232 e. The zero-order chi connectivity index (χ0) is 13.0. The Morgan fingerprint density at radius 1 is 1.39 bits per heavy atom. The van der Waals surface area contributed by atoms with Gasteiger partial charge in [-0.2, -0.15) is 0 Å². The van der Waals surface area contributed by atoms with Gasteiger partial charge in [0.1, 0.15) is 12.0 Å². The number of rotatable bonds is 5. The van der Waals surface area contributed by atoms with E-state index in [1.165, 1.54) is 0 Å². The molecular weight excluding hydrogens is 230 g/mol. The molecule has 100 valence electrons. The third kappa shape index (κ3) is 2.71. The monoisotopic (exact) mass is 251 g/mol. The first-order valence-electron chi connectivity index (χ1n) is 6.72. The van der Waals surface area contributed by atoms with Gasteiger partial charge in [-0.25, -0.2) is 4.68 Å². The van der Waals surface area contributed by atoms with Crippen molar-refractivity contribution in [2.75, 3.05) is 6.61 Å². The third-order valence-corrected chi connectivity index (χ3v) is 4.03. The number of hydrogen-bond acceptors (Lipinski definition) is 4. The highest BCUT2D eigenvalue weighted by Gasteiger charge is 2.34. The summed E-state index contributed by atoms with van der Waals surface area (Å²) in [7, 11) is 0. The van der Waals surface area contributed by atoms with Crippen molar-refractivity contribution < 1.29 is 9.53 Å². The first kappa shape index (κ1) is 13.1. The van der Waals surface area contributed by atoms with E-state index in [2.05, 4.69) is 17.2 Å². The lowest BCUT2D eigenvalue weighted by atomic mass is 9.72. The van der Waals surface area contributed by atoms with Gasteiger partial charge in [-0.3, -0.25) is 4.79 Å². The molecule has 0 aliphatic heterocycles. The second kappa shape index (κ2) is 5.50. The van der Waals surface area contributed by atoms with Crippen LogP contribution in [0.25, 0.3) is 0 Å². The molecule has 0 radical (unpaired) electrons. The van der Waals surface area contributed by atoms with Crippen molar-refractivity contribution >= 4 is 5.78 Å². The van der Waals surface area contributed by atoms with Crippen molar-refractivity contribution in [2.24, 2.45) is 5.41 Å². The second-order valence-corrected chi connectivity index (χ2v) is 5.07. The lowest BCUT2D eigenvalue weighted by Gasteiger charge is -2.35. The quantitative estimate of drug-likeness (QED) is 0.805. The van der Waals surface area contributed by atoms with Crippen LogP contribution in [-0.2, 0) is 11.3 Å². The molecule has 1 aromatic heterocycles. The van der Waals surface area contributed by atoms with Crippen LogP contribution < -0.4 is 4.74 Å². The number of ether oxygens (including phenoxy) is 1. The van der Waals surface area contributed by atoms with Gasteiger partial charge in [0.25, 0.3) is 0 Å². The fraction of sp³-hybridized carbons (Fsp3) is 0.769. The van der Waals surface area contributed by atoms with Crippen LogP contribution in [0.3, 0.4) is 0 Å². The van der Waals surface area contributed by atoms with E-state index < -0.39 is 0 Å². The Morgan fingerprint density at radius 2 is 2.11 bits per heavy atom. The normalized spacial score (nSPS) is 18.9. The number of hydrogen-bond donors (Lipinski definition) is 0. The van der Waals surface area contributed by atoms with Crippen molar-refractivity contribution in [2.45, 2.75) is 52.5 Å². The van der Waals surface area contributed by atoms with Crippen LogP contribution in [0, 0.1) is 5.41 Å². The molecule has 1 saturated carbocycles. The topological polar surface area (TPSA) is 57.0 Å². The summed E-state index contributed by atoms with van der Waals surface area (Å²) >= 11 is 0. The standard InChI is InChI=1S/C13H21N3O2/c1-3-13(7-5-11(17)6-8-13)10-18-12-9-14-15-16(12)4-2/h9H,3-8,10H2,1-2H3. The highest BCUT2D eigenvalue weighted by Crippen LogP contribution is 2.38. The highest BCUT2D eigenvalue weighted by atomic mass is 16.5. The number of carbonyl (C=O) groups is 1. The minimum absolute atomic E-state index is 0.150. The first-order valence-corrected chi connectivity index (χ1v) is 6.72. The van der Waals surface area contributed by atoms with Gasteiger partial charge < -0.3 is 4.74 Å². The zero-order valence-electron chi connectivity index (χ0n) is 11.2. The molecule has 1 aliphatic carbocycles. The minimum atomic E-state index is 0.150. The first-order chi connectivity index (χ1) is 8.69. The summed E-state index contributed by atoms with van der Waals surface area (Å²) in [6.45, 7) is 5.60. The Hall–Kier alpha value is -1.39. The van der Waals surface area contributed by atoms with Crippen LogP contribution in [0.2, 0.25) is 0 Å². The number of carbonyl (C=O) groups excluding carboxylic acids is 1. The van der Waals surface area contributed by atoms with Gasteiger partial charge in [0.15, 0.2) is 0 Å². The molecule has 18 heavy (non-hydrogen) atoms. The number of nitrogens with zero attached hydrogens (tertiary/aromatic N) is 3. The lowest BCUT2D eigenvalue weighted by molar-refractivity contribution is -0.123. The molecule has 0 N–H and O–H groups in total. The molecule has 0 atom stereocenters. The van der Waals surface area contributed by atoms with Crippen LogP contribution in [0.5, 0.6) is 5.88 Å². The summed E-state index contributed by atoms with van der Waals surface area (Å²) in [6.07, 6.45) is 5.98. The van der Waals surface area contributed by atoms with Gasteiger partial charge in [0, 0.05) is 24.8 Å². The molecule has 5 nitrogen and oxygen atoms in total.